The molecule has 6 nitrogen and oxygen atoms in total. The third-order valence-electron chi connectivity index (χ3n) is 3.57. The van der Waals surface area contributed by atoms with E-state index in [2.05, 4.69) is 5.32 Å². The Hall–Kier alpha value is -2.03. The lowest BCUT2D eigenvalue weighted by Crippen LogP contribution is -2.24. The van der Waals surface area contributed by atoms with Crippen molar-refractivity contribution in [1.82, 2.24) is 9.62 Å². The molecule has 8 heteroatoms. The van der Waals surface area contributed by atoms with E-state index >= 15 is 0 Å². The molecule has 0 atom stereocenters. The number of nitrogens with one attached hydrogen (secondary N) is 1. The van der Waals surface area contributed by atoms with Gasteiger partial charge in [-0.3, -0.25) is 9.59 Å². The summed E-state index contributed by atoms with van der Waals surface area (Å²) < 4.78 is 25.1. The van der Waals surface area contributed by atoms with Crippen LogP contribution in [0.15, 0.2) is 46.7 Å². The molecule has 1 N–H and O–H groups in total. The lowest BCUT2D eigenvalue weighted by Gasteiger charge is -2.11. The molecule has 0 aliphatic heterocycles. The molecule has 0 saturated carbocycles. The van der Waals surface area contributed by atoms with Crippen molar-refractivity contribution in [2.24, 2.45) is 0 Å². The van der Waals surface area contributed by atoms with E-state index in [1.54, 1.807) is 24.3 Å². The summed E-state index contributed by atoms with van der Waals surface area (Å²) in [4.78, 5) is 24.5. The van der Waals surface area contributed by atoms with E-state index in [1.165, 1.54) is 37.6 Å². The molecule has 0 aliphatic rings. The van der Waals surface area contributed by atoms with Gasteiger partial charge >= 0.3 is 0 Å². The Morgan fingerprint density at radius 3 is 2.32 bits per heavy atom. The van der Waals surface area contributed by atoms with Crippen LogP contribution in [0.2, 0.25) is 0 Å². The maximum absolute atomic E-state index is 12.0. The highest BCUT2D eigenvalue weighted by molar-refractivity contribution is 7.89. The third-order valence-corrected chi connectivity index (χ3v) is 6.31. The van der Waals surface area contributed by atoms with Gasteiger partial charge in [-0.15, -0.1) is 11.3 Å². The van der Waals surface area contributed by atoms with Gasteiger partial charge in [0.1, 0.15) is 0 Å². The number of nitrogens with zero attached hydrogens (tertiary/aromatic N) is 1. The molecule has 1 amide bonds. The van der Waals surface area contributed by atoms with Crippen LogP contribution in [0.4, 0.5) is 0 Å². The van der Waals surface area contributed by atoms with Gasteiger partial charge in [0.15, 0.2) is 5.78 Å². The first kappa shape index (κ1) is 19.3. The zero-order valence-electron chi connectivity index (χ0n) is 14.1. The number of ketones is 1. The molecule has 2 aromatic rings. The molecule has 0 saturated heterocycles. The summed E-state index contributed by atoms with van der Waals surface area (Å²) in [6.45, 7) is 0.286. The number of carbonyl (C=O) groups is 2. The maximum atomic E-state index is 12.0. The Kier molecular flexibility index (Phi) is 6.46. The highest BCUT2D eigenvalue weighted by Gasteiger charge is 2.16. The molecule has 134 valence electrons. The summed E-state index contributed by atoms with van der Waals surface area (Å²) >= 11 is 1.36. The number of hydrogen-bond donors (Lipinski definition) is 1. The molecule has 0 unspecified atom stereocenters. The van der Waals surface area contributed by atoms with Crippen molar-refractivity contribution < 1.29 is 18.0 Å². The second-order valence-electron chi connectivity index (χ2n) is 5.61. The van der Waals surface area contributed by atoms with Crippen molar-refractivity contribution >= 4 is 33.1 Å². The van der Waals surface area contributed by atoms with E-state index in [0.29, 0.717) is 4.88 Å². The predicted molar refractivity (Wildman–Crippen MR) is 97.0 cm³/mol. The van der Waals surface area contributed by atoms with E-state index in [9.17, 15) is 18.0 Å². The van der Waals surface area contributed by atoms with Crippen LogP contribution >= 0.6 is 11.3 Å². The summed E-state index contributed by atoms with van der Waals surface area (Å²) in [5, 5.41) is 4.56. The number of carbonyl (C=O) groups excluding carboxylic acids is 2. The number of hydrogen-bond acceptors (Lipinski definition) is 5. The first-order valence-corrected chi connectivity index (χ1v) is 9.97. The Labute approximate surface area is 151 Å². The van der Waals surface area contributed by atoms with Crippen molar-refractivity contribution in [2.45, 2.75) is 24.3 Å². The molecule has 1 aromatic heterocycles. The van der Waals surface area contributed by atoms with Crippen LogP contribution in [0.1, 0.15) is 28.1 Å². The Morgan fingerprint density at radius 1 is 1.08 bits per heavy atom. The maximum Gasteiger partial charge on any atom is 0.242 e. The van der Waals surface area contributed by atoms with Crippen LogP contribution in [-0.4, -0.2) is 38.5 Å². The van der Waals surface area contributed by atoms with Gasteiger partial charge in [-0.25, -0.2) is 12.7 Å². The predicted octanol–water partition coefficient (Wildman–Crippen LogP) is 2.28. The molecule has 1 aromatic carbocycles. The highest BCUT2D eigenvalue weighted by atomic mass is 32.2. The fraction of sp³-hybridized carbons (Fsp3) is 0.294. The lowest BCUT2D eigenvalue weighted by atomic mass is 10.2. The van der Waals surface area contributed by atoms with Gasteiger partial charge in [-0.1, -0.05) is 18.2 Å². The van der Waals surface area contributed by atoms with E-state index in [4.69, 9.17) is 0 Å². The normalized spacial score (nSPS) is 11.5. The van der Waals surface area contributed by atoms with Gasteiger partial charge in [0.05, 0.1) is 9.77 Å². The van der Waals surface area contributed by atoms with Crippen molar-refractivity contribution in [3.05, 3.63) is 52.2 Å². The second kappa shape index (κ2) is 8.37. The molecule has 0 aliphatic carbocycles. The Morgan fingerprint density at radius 2 is 1.76 bits per heavy atom. The van der Waals surface area contributed by atoms with E-state index in [1.807, 2.05) is 5.38 Å². The van der Waals surface area contributed by atoms with Crippen LogP contribution in [0, 0.1) is 0 Å². The highest BCUT2D eigenvalue weighted by Crippen LogP contribution is 2.14. The lowest BCUT2D eigenvalue weighted by molar-refractivity contribution is -0.121. The van der Waals surface area contributed by atoms with Crippen LogP contribution in [0.3, 0.4) is 0 Å². The molecule has 1 heterocycles. The molecule has 0 fully saturated rings. The van der Waals surface area contributed by atoms with E-state index in [0.717, 1.165) is 9.87 Å². The average Bonchev–Trinajstić information content (AvgIpc) is 3.12. The molecule has 0 radical (unpaired) electrons. The summed E-state index contributed by atoms with van der Waals surface area (Å²) in [5.74, 6) is -0.252. The summed E-state index contributed by atoms with van der Waals surface area (Å²) in [7, 11) is -0.509. The minimum atomic E-state index is -3.46. The Balaban J connectivity index is 1.83. The van der Waals surface area contributed by atoms with E-state index < -0.39 is 10.0 Å². The molecular weight excluding hydrogens is 360 g/mol. The van der Waals surface area contributed by atoms with Crippen LogP contribution < -0.4 is 5.32 Å². The zero-order valence-corrected chi connectivity index (χ0v) is 15.7. The largest absolute Gasteiger partial charge is 0.352 e. The monoisotopic (exact) mass is 380 g/mol. The van der Waals surface area contributed by atoms with Crippen LogP contribution in [0.5, 0.6) is 0 Å². The molecule has 2 rings (SSSR count). The minimum absolute atomic E-state index is 0.0385. The first-order chi connectivity index (χ1) is 11.8. The molecule has 0 spiro atoms. The number of benzene rings is 1. The van der Waals surface area contributed by atoms with Gasteiger partial charge in [-0.2, -0.15) is 0 Å². The van der Waals surface area contributed by atoms with Gasteiger partial charge in [0.2, 0.25) is 15.9 Å². The molecule has 25 heavy (non-hydrogen) atoms. The standard InChI is InChI=1S/C17H20N2O4S2/c1-19(2)25(22,23)14-7-5-13(6-8-14)12-18-17(21)10-9-15(20)16-4-3-11-24-16/h3-8,11H,9-10,12H2,1-2H3,(H,18,21). The topological polar surface area (TPSA) is 83.6 Å². The minimum Gasteiger partial charge on any atom is -0.352 e. The number of rotatable bonds is 8. The van der Waals surface area contributed by atoms with Crippen LogP contribution in [-0.2, 0) is 21.4 Å². The first-order valence-electron chi connectivity index (χ1n) is 7.65. The smallest absolute Gasteiger partial charge is 0.242 e. The van der Waals surface area contributed by atoms with Gasteiger partial charge in [0, 0.05) is 33.5 Å². The SMILES string of the molecule is CN(C)S(=O)(=O)c1ccc(CNC(=O)CCC(=O)c2cccs2)cc1. The van der Waals surface area contributed by atoms with Gasteiger partial charge in [-0.05, 0) is 29.1 Å². The average molecular weight is 380 g/mol. The Bertz CT molecular complexity index is 826. The zero-order chi connectivity index (χ0) is 18.4. The fourth-order valence-electron chi connectivity index (χ4n) is 2.07. The van der Waals surface area contributed by atoms with Gasteiger partial charge in [0.25, 0.3) is 0 Å². The second-order valence-corrected chi connectivity index (χ2v) is 8.71. The van der Waals surface area contributed by atoms with Crippen molar-refractivity contribution in [3.8, 4) is 0 Å². The van der Waals surface area contributed by atoms with Gasteiger partial charge < -0.3 is 5.32 Å². The van der Waals surface area contributed by atoms with Crippen molar-refractivity contribution in [2.75, 3.05) is 14.1 Å². The van der Waals surface area contributed by atoms with E-state index in [-0.39, 0.29) is 36.0 Å². The van der Waals surface area contributed by atoms with Crippen molar-refractivity contribution in [1.29, 1.82) is 0 Å². The van der Waals surface area contributed by atoms with Crippen LogP contribution in [0.25, 0.3) is 0 Å². The summed E-state index contributed by atoms with van der Waals surface area (Å²) in [5.41, 5.74) is 0.788. The molecule has 0 bridgehead atoms. The fourth-order valence-corrected chi connectivity index (χ4v) is 3.66. The number of Topliss-reactive ketones (excluding diaryl/α,β-unsaturated/α-hetero) is 1. The number of amides is 1. The molecular formula is C17H20N2O4S2. The summed E-state index contributed by atoms with van der Waals surface area (Å²) in [6, 6.07) is 9.89. The summed E-state index contributed by atoms with van der Waals surface area (Å²) in [6.07, 6.45) is 0.302. The number of sulfonamides is 1. The quantitative estimate of drug-likeness (QED) is 0.712. The van der Waals surface area contributed by atoms with Crippen molar-refractivity contribution in [3.63, 3.8) is 0 Å². The number of thiophene rings is 1. The third kappa shape index (κ3) is 5.22.